The second-order valence-electron chi connectivity index (χ2n) is 6.90. The maximum Gasteiger partial charge on any atom is 0.0809 e. The van der Waals surface area contributed by atoms with Crippen LogP contribution < -0.4 is 5.32 Å². The Labute approximate surface area is 107 Å². The standard InChI is InChI=1S/C15H29NO/c1-14(2)10-6-13(7-11-14)17-15(12-16-3)8-4-5-9-15/h13,16H,4-12H2,1-3H3. The zero-order chi connectivity index (χ0) is 12.4. The molecule has 2 heteroatoms. The van der Waals surface area contributed by atoms with Gasteiger partial charge < -0.3 is 10.1 Å². The van der Waals surface area contributed by atoms with E-state index in [1.807, 2.05) is 7.05 Å². The molecule has 2 aliphatic rings. The quantitative estimate of drug-likeness (QED) is 0.810. The van der Waals surface area contributed by atoms with E-state index >= 15 is 0 Å². The van der Waals surface area contributed by atoms with Crippen molar-refractivity contribution in [2.45, 2.75) is 76.9 Å². The van der Waals surface area contributed by atoms with Crippen LogP contribution in [-0.2, 0) is 4.74 Å². The fraction of sp³-hybridized carbons (Fsp3) is 1.00. The van der Waals surface area contributed by atoms with Gasteiger partial charge in [0.15, 0.2) is 0 Å². The molecule has 0 atom stereocenters. The van der Waals surface area contributed by atoms with Crippen LogP contribution in [0.25, 0.3) is 0 Å². The molecule has 0 spiro atoms. The van der Waals surface area contributed by atoms with Gasteiger partial charge in [-0.05, 0) is 51.0 Å². The summed E-state index contributed by atoms with van der Waals surface area (Å²) in [6, 6.07) is 0. The lowest BCUT2D eigenvalue weighted by molar-refractivity contribution is -0.108. The number of nitrogens with one attached hydrogen (secondary N) is 1. The molecule has 2 saturated carbocycles. The van der Waals surface area contributed by atoms with E-state index in [0.717, 1.165) is 6.54 Å². The van der Waals surface area contributed by atoms with Crippen molar-refractivity contribution in [3.05, 3.63) is 0 Å². The van der Waals surface area contributed by atoms with Gasteiger partial charge in [0.2, 0.25) is 0 Å². The summed E-state index contributed by atoms with van der Waals surface area (Å²) in [4.78, 5) is 0. The average molecular weight is 239 g/mol. The molecule has 0 unspecified atom stereocenters. The summed E-state index contributed by atoms with van der Waals surface area (Å²) in [5, 5.41) is 3.33. The average Bonchev–Trinajstić information content (AvgIpc) is 2.71. The van der Waals surface area contributed by atoms with Crippen LogP contribution in [0.4, 0.5) is 0 Å². The van der Waals surface area contributed by atoms with Crippen LogP contribution >= 0.6 is 0 Å². The summed E-state index contributed by atoms with van der Waals surface area (Å²) in [6.07, 6.45) is 10.9. The molecule has 0 aliphatic heterocycles. The Balaban J connectivity index is 1.87. The van der Waals surface area contributed by atoms with E-state index in [0.29, 0.717) is 11.5 Å². The third-order valence-corrected chi connectivity index (χ3v) is 4.72. The highest BCUT2D eigenvalue weighted by atomic mass is 16.5. The molecule has 2 fully saturated rings. The Hall–Kier alpha value is -0.0800. The molecular weight excluding hydrogens is 210 g/mol. The lowest BCUT2D eigenvalue weighted by atomic mass is 9.76. The smallest absolute Gasteiger partial charge is 0.0809 e. The van der Waals surface area contributed by atoms with Gasteiger partial charge in [0.05, 0.1) is 11.7 Å². The van der Waals surface area contributed by atoms with Crippen molar-refractivity contribution in [3.8, 4) is 0 Å². The first-order valence-corrected chi connectivity index (χ1v) is 7.38. The summed E-state index contributed by atoms with van der Waals surface area (Å²) >= 11 is 0. The molecule has 0 aromatic heterocycles. The molecule has 0 amide bonds. The molecule has 2 rings (SSSR count). The number of rotatable bonds is 4. The minimum Gasteiger partial charge on any atom is -0.370 e. The third kappa shape index (κ3) is 3.45. The molecular formula is C15H29NO. The lowest BCUT2D eigenvalue weighted by Gasteiger charge is -2.39. The molecule has 0 aromatic carbocycles. The second-order valence-corrected chi connectivity index (χ2v) is 6.90. The maximum absolute atomic E-state index is 6.51. The van der Waals surface area contributed by atoms with E-state index in [9.17, 15) is 0 Å². The van der Waals surface area contributed by atoms with Gasteiger partial charge in [0.25, 0.3) is 0 Å². The van der Waals surface area contributed by atoms with Crippen LogP contribution in [0, 0.1) is 5.41 Å². The summed E-state index contributed by atoms with van der Waals surface area (Å²) in [6.45, 7) is 5.82. The molecule has 2 aliphatic carbocycles. The molecule has 0 bridgehead atoms. The van der Waals surface area contributed by atoms with Crippen molar-refractivity contribution in [3.63, 3.8) is 0 Å². The first-order chi connectivity index (χ1) is 8.05. The lowest BCUT2D eigenvalue weighted by Crippen LogP contribution is -2.43. The van der Waals surface area contributed by atoms with Gasteiger partial charge in [-0.25, -0.2) is 0 Å². The van der Waals surface area contributed by atoms with Gasteiger partial charge >= 0.3 is 0 Å². The largest absolute Gasteiger partial charge is 0.370 e. The third-order valence-electron chi connectivity index (χ3n) is 4.72. The van der Waals surface area contributed by atoms with E-state index in [1.54, 1.807) is 0 Å². The highest BCUT2D eigenvalue weighted by Gasteiger charge is 2.38. The number of hydrogen-bond donors (Lipinski definition) is 1. The minimum absolute atomic E-state index is 0.168. The molecule has 0 saturated heterocycles. The molecule has 17 heavy (non-hydrogen) atoms. The van der Waals surface area contributed by atoms with Crippen molar-refractivity contribution in [1.29, 1.82) is 0 Å². The van der Waals surface area contributed by atoms with E-state index in [-0.39, 0.29) is 5.60 Å². The van der Waals surface area contributed by atoms with Crippen molar-refractivity contribution in [1.82, 2.24) is 5.32 Å². The number of ether oxygens (including phenoxy) is 1. The summed E-state index contributed by atoms with van der Waals surface area (Å²) in [7, 11) is 2.05. The van der Waals surface area contributed by atoms with Gasteiger partial charge in [-0.2, -0.15) is 0 Å². The number of likely N-dealkylation sites (N-methyl/N-ethyl adjacent to an activating group) is 1. The summed E-state index contributed by atoms with van der Waals surface area (Å²) in [5.74, 6) is 0. The Morgan fingerprint density at radius 2 is 1.65 bits per heavy atom. The van der Waals surface area contributed by atoms with Crippen molar-refractivity contribution in [2.75, 3.05) is 13.6 Å². The molecule has 0 radical (unpaired) electrons. The fourth-order valence-corrected chi connectivity index (χ4v) is 3.52. The van der Waals surface area contributed by atoms with E-state index in [1.165, 1.54) is 51.4 Å². The molecule has 0 heterocycles. The SMILES string of the molecule is CNCC1(OC2CCC(C)(C)CC2)CCCC1. The van der Waals surface area contributed by atoms with Gasteiger partial charge in [-0.3, -0.25) is 0 Å². The fourth-order valence-electron chi connectivity index (χ4n) is 3.52. The predicted octanol–water partition coefficient (Wildman–Crippen LogP) is 3.50. The molecule has 100 valence electrons. The Morgan fingerprint density at radius 3 is 2.18 bits per heavy atom. The van der Waals surface area contributed by atoms with Gasteiger partial charge in [-0.15, -0.1) is 0 Å². The van der Waals surface area contributed by atoms with Crippen LogP contribution in [0.15, 0.2) is 0 Å². The molecule has 2 nitrogen and oxygen atoms in total. The predicted molar refractivity (Wildman–Crippen MR) is 72.2 cm³/mol. The van der Waals surface area contributed by atoms with Gasteiger partial charge in [0, 0.05) is 6.54 Å². The van der Waals surface area contributed by atoms with Crippen molar-refractivity contribution >= 4 is 0 Å². The maximum atomic E-state index is 6.51. The first kappa shape index (κ1) is 13.4. The highest BCUT2D eigenvalue weighted by molar-refractivity contribution is 4.90. The van der Waals surface area contributed by atoms with E-state index in [4.69, 9.17) is 4.74 Å². The second kappa shape index (κ2) is 5.27. The summed E-state index contributed by atoms with van der Waals surface area (Å²) in [5.41, 5.74) is 0.715. The van der Waals surface area contributed by atoms with Crippen LogP contribution in [0.5, 0.6) is 0 Å². The zero-order valence-electron chi connectivity index (χ0n) is 11.8. The Kier molecular flexibility index (Phi) is 4.14. The summed E-state index contributed by atoms with van der Waals surface area (Å²) < 4.78 is 6.51. The normalized spacial score (nSPS) is 28.4. The van der Waals surface area contributed by atoms with Crippen molar-refractivity contribution in [2.24, 2.45) is 5.41 Å². The van der Waals surface area contributed by atoms with Crippen LogP contribution in [-0.4, -0.2) is 25.3 Å². The van der Waals surface area contributed by atoms with Crippen molar-refractivity contribution < 1.29 is 4.74 Å². The Bertz CT molecular complexity index is 233. The van der Waals surface area contributed by atoms with Gasteiger partial charge in [-0.1, -0.05) is 26.7 Å². The zero-order valence-corrected chi connectivity index (χ0v) is 11.8. The van der Waals surface area contributed by atoms with E-state index in [2.05, 4.69) is 19.2 Å². The highest BCUT2D eigenvalue weighted by Crippen LogP contribution is 2.40. The first-order valence-electron chi connectivity index (χ1n) is 7.38. The topological polar surface area (TPSA) is 21.3 Å². The van der Waals surface area contributed by atoms with Crippen LogP contribution in [0.3, 0.4) is 0 Å². The van der Waals surface area contributed by atoms with E-state index < -0.39 is 0 Å². The van der Waals surface area contributed by atoms with Crippen LogP contribution in [0.1, 0.15) is 65.2 Å². The van der Waals surface area contributed by atoms with Gasteiger partial charge in [0.1, 0.15) is 0 Å². The molecule has 0 aromatic rings. The monoisotopic (exact) mass is 239 g/mol. The Morgan fingerprint density at radius 1 is 1.06 bits per heavy atom. The van der Waals surface area contributed by atoms with Crippen LogP contribution in [0.2, 0.25) is 0 Å². The number of hydrogen-bond acceptors (Lipinski definition) is 2. The minimum atomic E-state index is 0.168. The molecule has 1 N–H and O–H groups in total.